The molecule has 2 N–H and O–H groups in total. The standard InChI is InChI=1S/C19H15N5O/c20-12-18-11-16(6-9-22-18)23-13-14-2-1-3-17(10-14)24-19(25)15-4-7-21-8-5-15/h1-11H,13H2,(H,22,23)(H,24,25). The molecule has 0 saturated carbocycles. The van der Waals surface area contributed by atoms with Crippen molar-refractivity contribution in [3.63, 3.8) is 0 Å². The third kappa shape index (κ3) is 4.39. The van der Waals surface area contributed by atoms with Crippen LogP contribution >= 0.6 is 0 Å². The normalized spacial score (nSPS) is 9.88. The van der Waals surface area contributed by atoms with Gasteiger partial charge in [-0.3, -0.25) is 9.78 Å². The Morgan fingerprint density at radius 2 is 1.88 bits per heavy atom. The number of anilines is 2. The second-order valence-corrected chi connectivity index (χ2v) is 5.29. The fraction of sp³-hybridized carbons (Fsp3) is 0.0526. The summed E-state index contributed by atoms with van der Waals surface area (Å²) < 4.78 is 0. The van der Waals surface area contributed by atoms with Gasteiger partial charge in [0, 0.05) is 42.1 Å². The molecule has 0 fully saturated rings. The minimum atomic E-state index is -0.180. The van der Waals surface area contributed by atoms with Crippen LogP contribution in [0.5, 0.6) is 0 Å². The first-order valence-corrected chi connectivity index (χ1v) is 7.65. The second-order valence-electron chi connectivity index (χ2n) is 5.29. The van der Waals surface area contributed by atoms with E-state index in [2.05, 4.69) is 20.6 Å². The van der Waals surface area contributed by atoms with Gasteiger partial charge < -0.3 is 10.6 Å². The highest BCUT2D eigenvalue weighted by molar-refractivity contribution is 6.04. The quantitative estimate of drug-likeness (QED) is 0.750. The monoisotopic (exact) mass is 329 g/mol. The average Bonchev–Trinajstić information content (AvgIpc) is 2.67. The first kappa shape index (κ1) is 16.1. The maximum atomic E-state index is 12.2. The van der Waals surface area contributed by atoms with Crippen LogP contribution < -0.4 is 10.6 Å². The molecule has 2 aromatic heterocycles. The second kappa shape index (κ2) is 7.70. The van der Waals surface area contributed by atoms with Gasteiger partial charge in [-0.05, 0) is 42.0 Å². The van der Waals surface area contributed by atoms with E-state index >= 15 is 0 Å². The number of carbonyl (C=O) groups excluding carboxylic acids is 1. The fourth-order valence-electron chi connectivity index (χ4n) is 2.27. The van der Waals surface area contributed by atoms with Crippen molar-refractivity contribution in [1.29, 1.82) is 5.26 Å². The molecule has 25 heavy (non-hydrogen) atoms. The molecule has 1 aromatic carbocycles. The molecule has 3 aromatic rings. The van der Waals surface area contributed by atoms with Gasteiger partial charge in [0.05, 0.1) is 0 Å². The summed E-state index contributed by atoms with van der Waals surface area (Å²) in [6, 6.07) is 16.4. The molecule has 0 saturated heterocycles. The van der Waals surface area contributed by atoms with E-state index in [4.69, 9.17) is 5.26 Å². The molecule has 6 heteroatoms. The first-order chi connectivity index (χ1) is 12.2. The number of aromatic nitrogens is 2. The Bertz CT molecular complexity index is 918. The van der Waals surface area contributed by atoms with Crippen LogP contribution in [-0.2, 0) is 6.54 Å². The lowest BCUT2D eigenvalue weighted by molar-refractivity contribution is 0.102. The van der Waals surface area contributed by atoms with Gasteiger partial charge in [-0.25, -0.2) is 4.98 Å². The summed E-state index contributed by atoms with van der Waals surface area (Å²) in [6.45, 7) is 0.563. The zero-order valence-corrected chi connectivity index (χ0v) is 13.3. The van der Waals surface area contributed by atoms with E-state index in [0.29, 0.717) is 23.5 Å². The average molecular weight is 329 g/mol. The molecule has 122 valence electrons. The number of benzene rings is 1. The minimum Gasteiger partial charge on any atom is -0.381 e. The van der Waals surface area contributed by atoms with Crippen molar-refractivity contribution < 1.29 is 4.79 Å². The van der Waals surface area contributed by atoms with Crippen molar-refractivity contribution in [3.8, 4) is 6.07 Å². The summed E-state index contributed by atoms with van der Waals surface area (Å²) >= 11 is 0. The van der Waals surface area contributed by atoms with Crippen LogP contribution in [0, 0.1) is 11.3 Å². The number of pyridine rings is 2. The van der Waals surface area contributed by atoms with Gasteiger partial charge in [-0.1, -0.05) is 12.1 Å². The van der Waals surface area contributed by atoms with E-state index in [1.807, 2.05) is 30.3 Å². The van der Waals surface area contributed by atoms with E-state index in [1.165, 1.54) is 0 Å². The van der Waals surface area contributed by atoms with Gasteiger partial charge in [0.15, 0.2) is 0 Å². The third-order valence-corrected chi connectivity index (χ3v) is 3.50. The van der Waals surface area contributed by atoms with Gasteiger partial charge in [0.25, 0.3) is 5.91 Å². The zero-order chi connectivity index (χ0) is 17.5. The molecule has 6 nitrogen and oxygen atoms in total. The molecular formula is C19H15N5O. The smallest absolute Gasteiger partial charge is 0.255 e. The molecule has 0 bridgehead atoms. The van der Waals surface area contributed by atoms with Gasteiger partial charge >= 0.3 is 0 Å². The number of hydrogen-bond donors (Lipinski definition) is 2. The Hall–Kier alpha value is -3.72. The van der Waals surface area contributed by atoms with Gasteiger partial charge in [-0.15, -0.1) is 0 Å². The lowest BCUT2D eigenvalue weighted by Gasteiger charge is -2.09. The highest BCUT2D eigenvalue weighted by Gasteiger charge is 2.06. The summed E-state index contributed by atoms with van der Waals surface area (Å²) in [6.07, 6.45) is 4.76. The lowest BCUT2D eigenvalue weighted by Crippen LogP contribution is -2.12. The van der Waals surface area contributed by atoms with Crippen LogP contribution in [0.4, 0.5) is 11.4 Å². The summed E-state index contributed by atoms with van der Waals surface area (Å²) in [5, 5.41) is 15.0. The maximum Gasteiger partial charge on any atom is 0.255 e. The predicted octanol–water partition coefficient (Wildman–Crippen LogP) is 3.21. The molecule has 2 heterocycles. The van der Waals surface area contributed by atoms with Crippen LogP contribution in [0.15, 0.2) is 67.1 Å². The number of nitrogens with one attached hydrogen (secondary N) is 2. The number of nitrogens with zero attached hydrogens (tertiary/aromatic N) is 3. The molecule has 0 radical (unpaired) electrons. The Balaban J connectivity index is 1.65. The van der Waals surface area contributed by atoms with Crippen molar-refractivity contribution in [3.05, 3.63) is 83.9 Å². The van der Waals surface area contributed by atoms with Crippen molar-refractivity contribution >= 4 is 17.3 Å². The largest absolute Gasteiger partial charge is 0.381 e. The van der Waals surface area contributed by atoms with Gasteiger partial charge in [0.1, 0.15) is 11.8 Å². The Labute approximate surface area is 145 Å². The maximum absolute atomic E-state index is 12.2. The Kier molecular flexibility index (Phi) is 4.98. The minimum absolute atomic E-state index is 0.180. The number of rotatable bonds is 5. The lowest BCUT2D eigenvalue weighted by atomic mass is 10.2. The predicted molar refractivity (Wildman–Crippen MR) is 94.9 cm³/mol. The number of amides is 1. The SMILES string of the molecule is N#Cc1cc(NCc2cccc(NC(=O)c3ccncc3)c2)ccn1. The van der Waals surface area contributed by atoms with Gasteiger partial charge in [0.2, 0.25) is 0 Å². The summed E-state index contributed by atoms with van der Waals surface area (Å²) in [5.41, 5.74) is 3.46. The Morgan fingerprint density at radius 1 is 1.04 bits per heavy atom. The Morgan fingerprint density at radius 3 is 2.68 bits per heavy atom. The molecule has 1 amide bonds. The molecule has 0 atom stereocenters. The molecule has 0 spiro atoms. The van der Waals surface area contributed by atoms with Crippen LogP contribution in [0.25, 0.3) is 0 Å². The number of hydrogen-bond acceptors (Lipinski definition) is 5. The zero-order valence-electron chi connectivity index (χ0n) is 13.3. The molecule has 0 aliphatic carbocycles. The van der Waals surface area contributed by atoms with E-state index in [1.54, 1.807) is 42.9 Å². The van der Waals surface area contributed by atoms with Crippen molar-refractivity contribution in [2.45, 2.75) is 6.54 Å². The summed E-state index contributed by atoms with van der Waals surface area (Å²) in [5.74, 6) is -0.180. The van der Waals surface area contributed by atoms with E-state index in [9.17, 15) is 4.79 Å². The summed E-state index contributed by atoms with van der Waals surface area (Å²) in [4.78, 5) is 20.0. The van der Waals surface area contributed by atoms with E-state index in [0.717, 1.165) is 11.3 Å². The van der Waals surface area contributed by atoms with Crippen LogP contribution in [-0.4, -0.2) is 15.9 Å². The fourth-order valence-corrected chi connectivity index (χ4v) is 2.27. The first-order valence-electron chi connectivity index (χ1n) is 7.65. The van der Waals surface area contributed by atoms with Crippen molar-refractivity contribution in [2.24, 2.45) is 0 Å². The van der Waals surface area contributed by atoms with Crippen LogP contribution in [0.1, 0.15) is 21.6 Å². The van der Waals surface area contributed by atoms with Crippen molar-refractivity contribution in [1.82, 2.24) is 9.97 Å². The van der Waals surface area contributed by atoms with E-state index in [-0.39, 0.29) is 5.91 Å². The summed E-state index contributed by atoms with van der Waals surface area (Å²) in [7, 11) is 0. The number of carbonyl (C=O) groups is 1. The molecular weight excluding hydrogens is 314 g/mol. The van der Waals surface area contributed by atoms with E-state index < -0.39 is 0 Å². The molecule has 0 aliphatic heterocycles. The molecule has 3 rings (SSSR count). The highest BCUT2D eigenvalue weighted by atomic mass is 16.1. The van der Waals surface area contributed by atoms with Crippen molar-refractivity contribution in [2.75, 3.05) is 10.6 Å². The van der Waals surface area contributed by atoms with Gasteiger partial charge in [-0.2, -0.15) is 5.26 Å². The highest BCUT2D eigenvalue weighted by Crippen LogP contribution is 2.14. The topological polar surface area (TPSA) is 90.7 Å². The number of nitriles is 1. The van der Waals surface area contributed by atoms with Crippen LogP contribution in [0.2, 0.25) is 0 Å². The van der Waals surface area contributed by atoms with Crippen LogP contribution in [0.3, 0.4) is 0 Å². The molecule has 0 aliphatic rings. The molecule has 0 unspecified atom stereocenters. The third-order valence-electron chi connectivity index (χ3n) is 3.50.